The summed E-state index contributed by atoms with van der Waals surface area (Å²) in [4.78, 5) is 30.2. The normalized spacial score (nSPS) is 20.5. The second kappa shape index (κ2) is 14.1. The first-order chi connectivity index (χ1) is 25.6. The quantitative estimate of drug-likeness (QED) is 0.207. The molecule has 8 rings (SSSR count). The Balaban J connectivity index is 1.34. The van der Waals surface area contributed by atoms with Gasteiger partial charge in [-0.15, -0.1) is 0 Å². The number of aryl methyl sites for hydroxylation is 1. The lowest BCUT2D eigenvalue weighted by Gasteiger charge is -2.45. The smallest absolute Gasteiger partial charge is 0.264 e. The third kappa shape index (κ3) is 6.27. The SMILES string of the molecule is CCn1ncc(C(=O)N2C3CCCC2COC3)c1C1=Cc2cc(OC)ccc2-c2c(C3CCCCC3)c3ccc(C(=O)NS(=O)(=O)C(C)C)cc3n2C1. The molecule has 4 aromatic rings. The van der Waals surface area contributed by atoms with Gasteiger partial charge >= 0.3 is 0 Å². The van der Waals surface area contributed by atoms with Crippen molar-refractivity contribution in [2.75, 3.05) is 20.3 Å². The van der Waals surface area contributed by atoms with Gasteiger partial charge < -0.3 is 18.9 Å². The maximum absolute atomic E-state index is 14.7. The van der Waals surface area contributed by atoms with Crippen molar-refractivity contribution in [2.24, 2.45) is 0 Å². The number of morpholine rings is 1. The molecule has 2 bridgehead atoms. The molecule has 1 N–H and O–H groups in total. The number of carbonyl (C=O) groups excluding carboxylic acids is 2. The predicted molar refractivity (Wildman–Crippen MR) is 205 cm³/mol. The Morgan fingerprint density at radius 3 is 2.43 bits per heavy atom. The van der Waals surface area contributed by atoms with Gasteiger partial charge in [-0.2, -0.15) is 5.10 Å². The Morgan fingerprint density at radius 2 is 1.74 bits per heavy atom. The number of nitrogens with one attached hydrogen (secondary N) is 1. The number of sulfonamides is 1. The van der Waals surface area contributed by atoms with E-state index in [1.807, 2.05) is 29.8 Å². The minimum absolute atomic E-state index is 0.0143. The first kappa shape index (κ1) is 35.6. The molecular formula is C41H49N5O6S. The molecule has 2 atom stereocenters. The van der Waals surface area contributed by atoms with Crippen LogP contribution in [0.3, 0.4) is 0 Å². The maximum atomic E-state index is 14.7. The highest BCUT2D eigenvalue weighted by Gasteiger charge is 2.40. The van der Waals surface area contributed by atoms with Crippen molar-refractivity contribution in [1.82, 2.24) is 24.0 Å². The molecule has 1 aliphatic carbocycles. The van der Waals surface area contributed by atoms with E-state index < -0.39 is 21.2 Å². The van der Waals surface area contributed by atoms with Crippen molar-refractivity contribution >= 4 is 44.4 Å². The number of carbonyl (C=O) groups is 2. The largest absolute Gasteiger partial charge is 0.497 e. The lowest BCUT2D eigenvalue weighted by molar-refractivity contribution is -0.0566. The molecule has 5 heterocycles. The highest BCUT2D eigenvalue weighted by atomic mass is 32.2. The monoisotopic (exact) mass is 739 g/mol. The van der Waals surface area contributed by atoms with Crippen LogP contribution < -0.4 is 9.46 Å². The Bertz CT molecular complexity index is 2210. The lowest BCUT2D eigenvalue weighted by atomic mass is 9.81. The van der Waals surface area contributed by atoms with Crippen LogP contribution in [0.25, 0.3) is 33.8 Å². The van der Waals surface area contributed by atoms with Crippen LogP contribution in [0, 0.1) is 0 Å². The van der Waals surface area contributed by atoms with E-state index in [0.29, 0.717) is 37.8 Å². The van der Waals surface area contributed by atoms with Gasteiger partial charge in [0.25, 0.3) is 11.8 Å². The molecule has 53 heavy (non-hydrogen) atoms. The van der Waals surface area contributed by atoms with Crippen molar-refractivity contribution in [3.05, 3.63) is 70.5 Å². The fraction of sp³-hybridized carbons (Fsp3) is 0.488. The van der Waals surface area contributed by atoms with Crippen molar-refractivity contribution in [1.29, 1.82) is 0 Å². The van der Waals surface area contributed by atoms with Crippen LogP contribution in [0.4, 0.5) is 0 Å². The van der Waals surface area contributed by atoms with E-state index in [9.17, 15) is 18.0 Å². The van der Waals surface area contributed by atoms with E-state index in [-0.39, 0.29) is 23.6 Å². The highest BCUT2D eigenvalue weighted by Crippen LogP contribution is 2.48. The molecule has 2 unspecified atom stereocenters. The standard InChI is InChI=1S/C41H49N5O6S/c1-5-45-38(35(21-42-45)41(48)46-30-12-9-13-31(46)24-52-23-30)29-18-28-19-32(51-4)15-17-33(28)39-37(26-10-7-6-8-11-26)34-16-14-27(20-36(34)44(39)22-29)40(47)43-53(49,50)25(2)3/h14-21,25-26,30-31H,5-13,22-24H2,1-4H3,(H,43,47). The van der Waals surface area contributed by atoms with Crippen LogP contribution in [0.5, 0.6) is 5.75 Å². The van der Waals surface area contributed by atoms with E-state index in [0.717, 1.165) is 89.7 Å². The number of ether oxygens (including phenoxy) is 2. The first-order valence-electron chi connectivity index (χ1n) is 19.2. The average Bonchev–Trinajstić information content (AvgIpc) is 3.68. The number of hydrogen-bond acceptors (Lipinski definition) is 7. The summed E-state index contributed by atoms with van der Waals surface area (Å²) in [7, 11) is -2.17. The Morgan fingerprint density at radius 1 is 0.981 bits per heavy atom. The number of amides is 2. The minimum Gasteiger partial charge on any atom is -0.497 e. The summed E-state index contributed by atoms with van der Waals surface area (Å²) in [6.45, 7) is 7.21. The third-order valence-electron chi connectivity index (χ3n) is 11.8. The van der Waals surface area contributed by atoms with Gasteiger partial charge in [-0.3, -0.25) is 14.3 Å². The van der Waals surface area contributed by atoms with Crippen molar-refractivity contribution < 1.29 is 27.5 Å². The number of nitrogens with zero attached hydrogens (tertiary/aromatic N) is 4. The number of piperidine rings is 1. The first-order valence-corrected chi connectivity index (χ1v) is 20.7. The van der Waals surface area contributed by atoms with Crippen LogP contribution in [-0.4, -0.2) is 77.1 Å². The summed E-state index contributed by atoms with van der Waals surface area (Å²) in [6, 6.07) is 11.8. The number of aromatic nitrogens is 3. The van der Waals surface area contributed by atoms with Crippen molar-refractivity contribution in [3.63, 3.8) is 0 Å². The number of allylic oxidation sites excluding steroid dienone is 1. The molecule has 3 fully saturated rings. The molecule has 2 saturated heterocycles. The van der Waals surface area contributed by atoms with Gasteiger partial charge in [0, 0.05) is 28.6 Å². The molecule has 0 radical (unpaired) electrons. The van der Waals surface area contributed by atoms with Gasteiger partial charge in [0.15, 0.2) is 0 Å². The van der Waals surface area contributed by atoms with E-state index in [2.05, 4.69) is 32.4 Å². The molecule has 12 heteroatoms. The molecule has 3 aliphatic heterocycles. The van der Waals surface area contributed by atoms with Crippen LogP contribution in [0.1, 0.15) is 116 Å². The zero-order valence-electron chi connectivity index (χ0n) is 31.1. The van der Waals surface area contributed by atoms with Gasteiger partial charge in [-0.25, -0.2) is 13.1 Å². The summed E-state index contributed by atoms with van der Waals surface area (Å²) >= 11 is 0. The van der Waals surface area contributed by atoms with Gasteiger partial charge in [0.2, 0.25) is 10.0 Å². The summed E-state index contributed by atoms with van der Waals surface area (Å²) in [5.41, 5.74) is 7.76. The fourth-order valence-corrected chi connectivity index (χ4v) is 9.67. The van der Waals surface area contributed by atoms with Crippen molar-refractivity contribution in [3.8, 4) is 17.0 Å². The van der Waals surface area contributed by atoms with E-state index >= 15 is 0 Å². The van der Waals surface area contributed by atoms with Crippen LogP contribution in [-0.2, 0) is 27.8 Å². The lowest BCUT2D eigenvalue weighted by Crippen LogP contribution is -2.57. The molecule has 0 spiro atoms. The molecule has 2 amide bonds. The number of rotatable bonds is 8. The summed E-state index contributed by atoms with van der Waals surface area (Å²) in [5.74, 6) is 0.381. The maximum Gasteiger partial charge on any atom is 0.264 e. The van der Waals surface area contributed by atoms with Gasteiger partial charge in [-0.1, -0.05) is 25.3 Å². The Hall–Kier alpha value is -4.42. The topological polar surface area (TPSA) is 125 Å². The summed E-state index contributed by atoms with van der Waals surface area (Å²) < 4.78 is 43.6. The average molecular weight is 740 g/mol. The second-order valence-electron chi connectivity index (χ2n) is 15.3. The third-order valence-corrected chi connectivity index (χ3v) is 13.5. The molecule has 2 aromatic heterocycles. The van der Waals surface area contributed by atoms with Crippen molar-refractivity contribution in [2.45, 2.75) is 108 Å². The summed E-state index contributed by atoms with van der Waals surface area (Å²) in [6.07, 6.45) is 12.5. The fourth-order valence-electron chi connectivity index (χ4n) is 9.06. The highest BCUT2D eigenvalue weighted by molar-refractivity contribution is 7.90. The van der Waals surface area contributed by atoms with E-state index in [1.54, 1.807) is 33.2 Å². The predicted octanol–water partition coefficient (Wildman–Crippen LogP) is 7.00. The molecule has 280 valence electrons. The van der Waals surface area contributed by atoms with Crippen LogP contribution in [0.15, 0.2) is 42.6 Å². The second-order valence-corrected chi connectivity index (χ2v) is 17.5. The molecule has 2 aromatic carbocycles. The number of hydrogen-bond donors (Lipinski definition) is 1. The zero-order valence-corrected chi connectivity index (χ0v) is 31.9. The van der Waals surface area contributed by atoms with Crippen LogP contribution >= 0.6 is 0 Å². The Labute approximate surface area is 311 Å². The van der Waals surface area contributed by atoms with Gasteiger partial charge in [0.1, 0.15) is 5.75 Å². The number of benzene rings is 2. The van der Waals surface area contributed by atoms with Gasteiger partial charge in [-0.05, 0) is 112 Å². The van der Waals surface area contributed by atoms with Crippen LogP contribution in [0.2, 0.25) is 0 Å². The number of methoxy groups -OCH3 is 1. The molecule has 1 saturated carbocycles. The van der Waals surface area contributed by atoms with Gasteiger partial charge in [0.05, 0.1) is 67.4 Å². The summed E-state index contributed by atoms with van der Waals surface area (Å²) in [5, 5.41) is 5.08. The molecule has 11 nitrogen and oxygen atoms in total. The zero-order chi connectivity index (χ0) is 37.0. The van der Waals surface area contributed by atoms with E-state index in [4.69, 9.17) is 14.6 Å². The minimum atomic E-state index is -3.84. The van der Waals surface area contributed by atoms with E-state index in [1.165, 1.54) is 12.0 Å². The Kier molecular flexibility index (Phi) is 9.47. The molecular weight excluding hydrogens is 691 g/mol. The molecule has 4 aliphatic rings. The number of fused-ring (bicyclic) bond motifs is 7.